The highest BCUT2D eigenvalue weighted by Gasteiger charge is 2.16. The van der Waals surface area contributed by atoms with Gasteiger partial charge in [0.05, 0.1) is 0 Å². The molecular weight excluding hydrogens is 127 g/mol. The minimum atomic E-state index is -0.580. The average Bonchev–Trinajstić information content (AvgIpc) is 1.88. The van der Waals surface area contributed by atoms with Crippen molar-refractivity contribution in [2.45, 2.75) is 45.0 Å². The molecule has 0 aromatic carbocycles. The van der Waals surface area contributed by atoms with Gasteiger partial charge >= 0.3 is 7.12 Å². The summed E-state index contributed by atoms with van der Waals surface area (Å²) in [5, 5.41) is 8.88. The second kappa shape index (κ2) is 3.99. The van der Waals surface area contributed by atoms with Gasteiger partial charge in [0, 0.05) is 6.10 Å². The summed E-state index contributed by atoms with van der Waals surface area (Å²) >= 11 is 0. The summed E-state index contributed by atoms with van der Waals surface area (Å²) in [7, 11) is -0.580. The van der Waals surface area contributed by atoms with Gasteiger partial charge in [-0.3, -0.25) is 0 Å². The van der Waals surface area contributed by atoms with E-state index in [4.69, 9.17) is 9.68 Å². The molecule has 0 bridgehead atoms. The SMILES string of the molecule is CB(O)OC1CCCCC1. The first kappa shape index (κ1) is 8.09. The lowest BCUT2D eigenvalue weighted by Crippen LogP contribution is -2.24. The molecule has 0 saturated heterocycles. The molecule has 1 fully saturated rings. The van der Waals surface area contributed by atoms with Crippen LogP contribution < -0.4 is 0 Å². The van der Waals surface area contributed by atoms with E-state index >= 15 is 0 Å². The molecule has 0 atom stereocenters. The molecule has 0 radical (unpaired) electrons. The smallest absolute Gasteiger partial charge is 0.427 e. The first-order chi connectivity index (χ1) is 4.79. The molecule has 3 heteroatoms. The van der Waals surface area contributed by atoms with Gasteiger partial charge in [0.1, 0.15) is 0 Å². The molecule has 1 aliphatic carbocycles. The van der Waals surface area contributed by atoms with Gasteiger partial charge in [-0.15, -0.1) is 0 Å². The third-order valence-corrected chi connectivity index (χ3v) is 1.94. The van der Waals surface area contributed by atoms with E-state index in [1.807, 2.05) is 0 Å². The standard InChI is InChI=1S/C7H15BO2/c1-8(9)10-7-5-3-2-4-6-7/h7,9H,2-6H2,1H3. The van der Waals surface area contributed by atoms with Gasteiger partial charge in [0.25, 0.3) is 0 Å². The molecule has 0 unspecified atom stereocenters. The van der Waals surface area contributed by atoms with E-state index in [0.717, 1.165) is 12.8 Å². The first-order valence-electron chi connectivity index (χ1n) is 4.12. The van der Waals surface area contributed by atoms with Crippen LogP contribution in [0.2, 0.25) is 6.82 Å². The summed E-state index contributed by atoms with van der Waals surface area (Å²) in [6, 6.07) is 0. The van der Waals surface area contributed by atoms with Gasteiger partial charge in [-0.05, 0) is 19.7 Å². The number of hydrogen-bond donors (Lipinski definition) is 1. The van der Waals surface area contributed by atoms with Crippen LogP contribution >= 0.6 is 0 Å². The molecule has 1 saturated carbocycles. The van der Waals surface area contributed by atoms with Crippen LogP contribution in [0.25, 0.3) is 0 Å². The molecular formula is C7H15BO2. The Balaban J connectivity index is 2.13. The van der Waals surface area contributed by atoms with Crippen molar-refractivity contribution in [3.8, 4) is 0 Å². The molecule has 0 aromatic rings. The van der Waals surface area contributed by atoms with Gasteiger partial charge in [-0.2, -0.15) is 0 Å². The Kier molecular flexibility index (Phi) is 3.22. The third-order valence-electron chi connectivity index (χ3n) is 1.94. The van der Waals surface area contributed by atoms with Crippen LogP contribution in [0.1, 0.15) is 32.1 Å². The Morgan fingerprint density at radius 2 is 1.90 bits per heavy atom. The molecule has 0 aromatic heterocycles. The minimum Gasteiger partial charge on any atom is -0.427 e. The van der Waals surface area contributed by atoms with Crippen LogP contribution in [0.4, 0.5) is 0 Å². The van der Waals surface area contributed by atoms with E-state index in [2.05, 4.69) is 0 Å². The van der Waals surface area contributed by atoms with Crippen molar-refractivity contribution in [2.75, 3.05) is 0 Å². The zero-order valence-corrected chi connectivity index (χ0v) is 6.55. The lowest BCUT2D eigenvalue weighted by Gasteiger charge is -2.22. The van der Waals surface area contributed by atoms with Crippen molar-refractivity contribution < 1.29 is 9.68 Å². The Morgan fingerprint density at radius 3 is 2.40 bits per heavy atom. The van der Waals surface area contributed by atoms with Crippen LogP contribution in [-0.2, 0) is 4.65 Å². The zero-order valence-electron chi connectivity index (χ0n) is 6.55. The van der Waals surface area contributed by atoms with Crippen molar-refractivity contribution in [1.29, 1.82) is 0 Å². The van der Waals surface area contributed by atoms with E-state index in [1.54, 1.807) is 6.82 Å². The number of rotatable bonds is 2. The second-order valence-electron chi connectivity index (χ2n) is 3.00. The third kappa shape index (κ3) is 2.71. The van der Waals surface area contributed by atoms with Gasteiger partial charge in [0.15, 0.2) is 0 Å². The zero-order chi connectivity index (χ0) is 7.40. The van der Waals surface area contributed by atoms with Gasteiger partial charge < -0.3 is 9.68 Å². The van der Waals surface area contributed by atoms with Crippen molar-refractivity contribution in [3.63, 3.8) is 0 Å². The highest BCUT2D eigenvalue weighted by molar-refractivity contribution is 6.40. The van der Waals surface area contributed by atoms with Gasteiger partial charge in [-0.25, -0.2) is 0 Å². The second-order valence-corrected chi connectivity index (χ2v) is 3.00. The van der Waals surface area contributed by atoms with E-state index < -0.39 is 7.12 Å². The minimum absolute atomic E-state index is 0.328. The topological polar surface area (TPSA) is 29.5 Å². The molecule has 1 aliphatic rings. The highest BCUT2D eigenvalue weighted by Crippen LogP contribution is 2.20. The van der Waals surface area contributed by atoms with Crippen LogP contribution in [0.15, 0.2) is 0 Å². The summed E-state index contributed by atoms with van der Waals surface area (Å²) in [4.78, 5) is 0. The predicted octanol–water partition coefficient (Wildman–Crippen LogP) is 1.45. The van der Waals surface area contributed by atoms with Crippen molar-refractivity contribution in [2.24, 2.45) is 0 Å². The normalized spacial score (nSPS) is 21.0. The molecule has 58 valence electrons. The molecule has 0 aliphatic heterocycles. The number of hydrogen-bond acceptors (Lipinski definition) is 2. The quantitative estimate of drug-likeness (QED) is 0.591. The van der Waals surface area contributed by atoms with Crippen molar-refractivity contribution in [1.82, 2.24) is 0 Å². The summed E-state index contributed by atoms with van der Waals surface area (Å²) in [5.41, 5.74) is 0. The molecule has 2 nitrogen and oxygen atoms in total. The molecule has 0 amide bonds. The van der Waals surface area contributed by atoms with Crippen molar-refractivity contribution in [3.05, 3.63) is 0 Å². The Labute approximate surface area is 62.7 Å². The maximum absolute atomic E-state index is 8.88. The average molecular weight is 142 g/mol. The van der Waals surface area contributed by atoms with Crippen molar-refractivity contribution >= 4 is 7.12 Å². The van der Waals surface area contributed by atoms with E-state index in [1.165, 1.54) is 19.3 Å². The first-order valence-corrected chi connectivity index (χ1v) is 4.12. The van der Waals surface area contributed by atoms with E-state index in [9.17, 15) is 0 Å². The van der Waals surface area contributed by atoms with Crippen LogP contribution in [0.5, 0.6) is 0 Å². The fourth-order valence-corrected chi connectivity index (χ4v) is 1.48. The van der Waals surface area contributed by atoms with E-state index in [0.29, 0.717) is 6.10 Å². The molecule has 1 N–H and O–H groups in total. The van der Waals surface area contributed by atoms with Gasteiger partial charge in [-0.1, -0.05) is 19.3 Å². The maximum atomic E-state index is 8.88. The fourth-order valence-electron chi connectivity index (χ4n) is 1.48. The molecule has 0 heterocycles. The van der Waals surface area contributed by atoms with Crippen LogP contribution in [0.3, 0.4) is 0 Å². The maximum Gasteiger partial charge on any atom is 0.451 e. The Hall–Kier alpha value is -0.0151. The molecule has 0 spiro atoms. The predicted molar refractivity (Wildman–Crippen MR) is 41.8 cm³/mol. The Bertz CT molecular complexity index is 89.6. The Morgan fingerprint density at radius 1 is 1.30 bits per heavy atom. The summed E-state index contributed by atoms with van der Waals surface area (Å²) < 4.78 is 5.25. The lowest BCUT2D eigenvalue weighted by molar-refractivity contribution is 0.129. The molecule has 1 rings (SSSR count). The molecule has 10 heavy (non-hydrogen) atoms. The van der Waals surface area contributed by atoms with Crippen LogP contribution in [0, 0.1) is 0 Å². The van der Waals surface area contributed by atoms with Gasteiger partial charge in [0.2, 0.25) is 0 Å². The summed E-state index contributed by atoms with van der Waals surface area (Å²) in [6.45, 7) is 1.68. The lowest BCUT2D eigenvalue weighted by atomic mass is 9.92. The fraction of sp³-hybridized carbons (Fsp3) is 1.00. The summed E-state index contributed by atoms with van der Waals surface area (Å²) in [5.74, 6) is 0. The summed E-state index contributed by atoms with van der Waals surface area (Å²) in [6.07, 6.45) is 6.44. The largest absolute Gasteiger partial charge is 0.451 e. The van der Waals surface area contributed by atoms with E-state index in [-0.39, 0.29) is 0 Å². The van der Waals surface area contributed by atoms with Crippen LogP contribution in [-0.4, -0.2) is 18.2 Å². The monoisotopic (exact) mass is 142 g/mol. The highest BCUT2D eigenvalue weighted by atomic mass is 16.5.